The molecule has 2 aromatic rings. The van der Waals surface area contributed by atoms with Gasteiger partial charge in [-0.1, -0.05) is 56.3 Å². The first kappa shape index (κ1) is 20.3. The van der Waals surface area contributed by atoms with E-state index in [1.807, 2.05) is 13.8 Å². The maximum absolute atomic E-state index is 12.4. The van der Waals surface area contributed by atoms with Crippen LogP contribution < -0.4 is 5.32 Å². The van der Waals surface area contributed by atoms with Gasteiger partial charge < -0.3 is 5.32 Å². The van der Waals surface area contributed by atoms with Gasteiger partial charge in [-0.15, -0.1) is 0 Å². The van der Waals surface area contributed by atoms with E-state index < -0.39 is 5.54 Å². The molecule has 0 aromatic heterocycles. The predicted molar refractivity (Wildman–Crippen MR) is 113 cm³/mol. The Bertz CT molecular complexity index is 859. The number of fused-ring (bicyclic) bond motifs is 1. The molecule has 1 N–H and O–H groups in total. The predicted octanol–water partition coefficient (Wildman–Crippen LogP) is 3.01. The molecule has 1 amide bonds. The standard InChI is InChI=1S/C23H30N4O/c1-18(2)23(3,17-24)25-22(28)16-27-13-11-26(12-14-27)15-20-9-6-8-19-7-4-5-10-21(19)20/h4-10,18H,11-16H2,1-3H3,(H,25,28). The Morgan fingerprint density at radius 3 is 2.43 bits per heavy atom. The zero-order chi connectivity index (χ0) is 20.1. The number of hydrogen-bond acceptors (Lipinski definition) is 4. The van der Waals surface area contributed by atoms with Crippen LogP contribution in [0.2, 0.25) is 0 Å². The van der Waals surface area contributed by atoms with Crippen molar-refractivity contribution < 1.29 is 4.79 Å². The van der Waals surface area contributed by atoms with Gasteiger partial charge in [0.15, 0.2) is 0 Å². The smallest absolute Gasteiger partial charge is 0.235 e. The minimum Gasteiger partial charge on any atom is -0.337 e. The van der Waals surface area contributed by atoms with E-state index in [0.717, 1.165) is 32.7 Å². The molecule has 28 heavy (non-hydrogen) atoms. The second-order valence-electron chi connectivity index (χ2n) is 8.21. The van der Waals surface area contributed by atoms with Crippen LogP contribution in [-0.2, 0) is 11.3 Å². The fourth-order valence-corrected chi connectivity index (χ4v) is 3.61. The average molecular weight is 379 g/mol. The topological polar surface area (TPSA) is 59.4 Å². The average Bonchev–Trinajstić information content (AvgIpc) is 2.69. The number of amides is 1. The van der Waals surface area contributed by atoms with E-state index in [2.05, 4.69) is 63.7 Å². The third-order valence-electron chi connectivity index (χ3n) is 5.89. The first-order valence-corrected chi connectivity index (χ1v) is 10.0. The van der Waals surface area contributed by atoms with E-state index in [0.29, 0.717) is 6.54 Å². The van der Waals surface area contributed by atoms with Gasteiger partial charge in [-0.05, 0) is 29.2 Å². The van der Waals surface area contributed by atoms with Crippen LogP contribution in [0.1, 0.15) is 26.3 Å². The van der Waals surface area contributed by atoms with E-state index in [4.69, 9.17) is 0 Å². The van der Waals surface area contributed by atoms with Crippen molar-refractivity contribution in [3.8, 4) is 6.07 Å². The monoisotopic (exact) mass is 378 g/mol. The molecule has 0 bridgehead atoms. The molecule has 1 fully saturated rings. The second-order valence-corrected chi connectivity index (χ2v) is 8.21. The molecular formula is C23H30N4O. The molecule has 5 nitrogen and oxygen atoms in total. The Labute approximate surface area is 167 Å². The maximum Gasteiger partial charge on any atom is 0.235 e. The Balaban J connectivity index is 1.52. The van der Waals surface area contributed by atoms with E-state index in [9.17, 15) is 10.1 Å². The number of nitriles is 1. The SMILES string of the molecule is CC(C)C(C)(C#N)NC(=O)CN1CCN(Cc2cccc3ccccc23)CC1. The highest BCUT2D eigenvalue weighted by atomic mass is 16.2. The van der Waals surface area contributed by atoms with Gasteiger partial charge in [0.1, 0.15) is 5.54 Å². The molecule has 1 aliphatic heterocycles. The van der Waals surface area contributed by atoms with Gasteiger partial charge in [-0.3, -0.25) is 14.6 Å². The van der Waals surface area contributed by atoms with Crippen molar-refractivity contribution in [3.05, 3.63) is 48.0 Å². The number of piperazine rings is 1. The van der Waals surface area contributed by atoms with Crippen molar-refractivity contribution in [2.45, 2.75) is 32.9 Å². The van der Waals surface area contributed by atoms with E-state index in [1.165, 1.54) is 16.3 Å². The van der Waals surface area contributed by atoms with Gasteiger partial charge in [-0.2, -0.15) is 5.26 Å². The highest BCUT2D eigenvalue weighted by molar-refractivity contribution is 5.85. The zero-order valence-electron chi connectivity index (χ0n) is 17.1. The summed E-state index contributed by atoms with van der Waals surface area (Å²) in [4.78, 5) is 17.0. The highest BCUT2D eigenvalue weighted by Crippen LogP contribution is 2.20. The van der Waals surface area contributed by atoms with Crippen molar-refractivity contribution in [3.63, 3.8) is 0 Å². The quantitative estimate of drug-likeness (QED) is 0.839. The van der Waals surface area contributed by atoms with Gasteiger partial charge >= 0.3 is 0 Å². The molecule has 5 heteroatoms. The molecule has 0 aliphatic carbocycles. The Hall–Kier alpha value is -2.42. The number of nitrogens with one attached hydrogen (secondary N) is 1. The van der Waals surface area contributed by atoms with Crippen molar-refractivity contribution in [1.29, 1.82) is 5.26 Å². The Morgan fingerprint density at radius 2 is 1.75 bits per heavy atom. The van der Waals surface area contributed by atoms with E-state index in [-0.39, 0.29) is 11.8 Å². The molecule has 1 atom stereocenters. The van der Waals surface area contributed by atoms with Crippen LogP contribution >= 0.6 is 0 Å². The largest absolute Gasteiger partial charge is 0.337 e. The maximum atomic E-state index is 12.4. The number of carbonyl (C=O) groups excluding carboxylic acids is 1. The Morgan fingerprint density at radius 1 is 1.11 bits per heavy atom. The van der Waals surface area contributed by atoms with E-state index >= 15 is 0 Å². The molecule has 0 spiro atoms. The van der Waals surface area contributed by atoms with Crippen molar-refractivity contribution in [2.24, 2.45) is 5.92 Å². The molecular weight excluding hydrogens is 348 g/mol. The highest BCUT2D eigenvalue weighted by Gasteiger charge is 2.30. The van der Waals surface area contributed by atoms with Gasteiger partial charge in [0.25, 0.3) is 0 Å². The summed E-state index contributed by atoms with van der Waals surface area (Å²) in [5.74, 6) is -0.000698. The summed E-state index contributed by atoms with van der Waals surface area (Å²) < 4.78 is 0. The van der Waals surface area contributed by atoms with Crippen LogP contribution in [0.5, 0.6) is 0 Å². The molecule has 3 rings (SSSR count). The number of carbonyl (C=O) groups is 1. The number of hydrogen-bond donors (Lipinski definition) is 1. The third kappa shape index (κ3) is 4.70. The van der Waals surface area contributed by atoms with Gasteiger partial charge in [0.05, 0.1) is 12.6 Å². The second kappa shape index (κ2) is 8.72. The lowest BCUT2D eigenvalue weighted by molar-refractivity contribution is -0.124. The first-order valence-electron chi connectivity index (χ1n) is 10.0. The summed E-state index contributed by atoms with van der Waals surface area (Å²) in [7, 11) is 0. The van der Waals surface area contributed by atoms with Crippen molar-refractivity contribution in [2.75, 3.05) is 32.7 Å². The molecule has 1 heterocycles. The fourth-order valence-electron chi connectivity index (χ4n) is 3.61. The molecule has 148 valence electrons. The summed E-state index contributed by atoms with van der Waals surface area (Å²) >= 11 is 0. The minimum atomic E-state index is -0.812. The lowest BCUT2D eigenvalue weighted by Crippen LogP contribution is -2.54. The van der Waals surface area contributed by atoms with Crippen LogP contribution in [0.25, 0.3) is 10.8 Å². The van der Waals surface area contributed by atoms with Crippen LogP contribution in [0.15, 0.2) is 42.5 Å². The van der Waals surface area contributed by atoms with Crippen LogP contribution in [0.4, 0.5) is 0 Å². The number of nitrogens with zero attached hydrogens (tertiary/aromatic N) is 3. The Kier molecular flexibility index (Phi) is 6.33. The third-order valence-corrected chi connectivity index (χ3v) is 5.89. The van der Waals surface area contributed by atoms with Gasteiger partial charge in [-0.25, -0.2) is 0 Å². The molecule has 1 unspecified atom stereocenters. The summed E-state index contributed by atoms with van der Waals surface area (Å²) in [6.45, 7) is 10.6. The molecule has 1 aliphatic rings. The van der Waals surface area contributed by atoms with Crippen LogP contribution in [0.3, 0.4) is 0 Å². The lowest BCUT2D eigenvalue weighted by Gasteiger charge is -2.35. The molecule has 0 saturated carbocycles. The summed E-state index contributed by atoms with van der Waals surface area (Å²) in [6, 6.07) is 17.2. The normalized spacial score (nSPS) is 18.0. The van der Waals surface area contributed by atoms with Crippen LogP contribution in [0, 0.1) is 17.2 Å². The number of benzene rings is 2. The molecule has 0 radical (unpaired) electrons. The summed E-state index contributed by atoms with van der Waals surface area (Å²) in [5.41, 5.74) is 0.541. The first-order chi connectivity index (χ1) is 13.4. The van der Waals surface area contributed by atoms with Crippen molar-refractivity contribution >= 4 is 16.7 Å². The van der Waals surface area contributed by atoms with Gasteiger partial charge in [0, 0.05) is 32.7 Å². The summed E-state index contributed by atoms with van der Waals surface area (Å²) in [5, 5.41) is 14.9. The molecule has 2 aromatic carbocycles. The number of rotatable bonds is 6. The molecule has 1 saturated heterocycles. The fraction of sp³-hybridized carbons (Fsp3) is 0.478. The van der Waals surface area contributed by atoms with Crippen molar-refractivity contribution in [1.82, 2.24) is 15.1 Å². The van der Waals surface area contributed by atoms with E-state index in [1.54, 1.807) is 6.92 Å². The van der Waals surface area contributed by atoms with Crippen LogP contribution in [-0.4, -0.2) is 54.0 Å². The minimum absolute atomic E-state index is 0.0685. The lowest BCUT2D eigenvalue weighted by atomic mass is 9.90. The summed E-state index contributed by atoms with van der Waals surface area (Å²) in [6.07, 6.45) is 0. The van der Waals surface area contributed by atoms with Gasteiger partial charge in [0.2, 0.25) is 5.91 Å². The zero-order valence-corrected chi connectivity index (χ0v) is 17.1.